The van der Waals surface area contributed by atoms with Crippen LogP contribution in [-0.4, -0.2) is 53.7 Å². The number of rotatable bonds is 5. The fraction of sp³-hybridized carbons (Fsp3) is 0.529. The molecule has 1 unspecified atom stereocenters. The van der Waals surface area contributed by atoms with Crippen LogP contribution in [-0.2, 0) is 11.2 Å². The SMILES string of the molecule is COCC1(C)CCN(C(=O)NCCc2cn3ccccc3n2)C1. The van der Waals surface area contributed by atoms with Gasteiger partial charge in [-0.1, -0.05) is 13.0 Å². The van der Waals surface area contributed by atoms with Crippen LogP contribution in [0.25, 0.3) is 5.65 Å². The Labute approximate surface area is 136 Å². The highest BCUT2D eigenvalue weighted by Gasteiger charge is 2.35. The molecule has 0 saturated carbocycles. The lowest BCUT2D eigenvalue weighted by molar-refractivity contribution is 0.0983. The van der Waals surface area contributed by atoms with Crippen LogP contribution in [0.5, 0.6) is 0 Å². The van der Waals surface area contributed by atoms with Crippen LogP contribution in [0.1, 0.15) is 19.0 Å². The maximum atomic E-state index is 12.2. The largest absolute Gasteiger partial charge is 0.384 e. The Balaban J connectivity index is 1.48. The quantitative estimate of drug-likeness (QED) is 0.917. The van der Waals surface area contributed by atoms with E-state index in [2.05, 4.69) is 17.2 Å². The van der Waals surface area contributed by atoms with Gasteiger partial charge in [-0.05, 0) is 18.6 Å². The second-order valence-electron chi connectivity index (χ2n) is 6.60. The third-order valence-corrected chi connectivity index (χ3v) is 4.41. The zero-order valence-electron chi connectivity index (χ0n) is 13.8. The van der Waals surface area contributed by atoms with E-state index in [9.17, 15) is 4.79 Å². The number of nitrogens with one attached hydrogen (secondary N) is 1. The first-order chi connectivity index (χ1) is 11.1. The van der Waals surface area contributed by atoms with Crippen LogP contribution < -0.4 is 5.32 Å². The van der Waals surface area contributed by atoms with Gasteiger partial charge in [-0.15, -0.1) is 0 Å². The molecule has 0 spiro atoms. The molecule has 0 aromatic carbocycles. The summed E-state index contributed by atoms with van der Waals surface area (Å²) in [6.07, 6.45) is 5.70. The monoisotopic (exact) mass is 316 g/mol. The number of pyridine rings is 1. The fourth-order valence-corrected chi connectivity index (χ4v) is 3.18. The van der Waals surface area contributed by atoms with E-state index in [1.54, 1.807) is 7.11 Å². The van der Waals surface area contributed by atoms with E-state index in [0.29, 0.717) is 13.2 Å². The number of amides is 2. The number of carbonyl (C=O) groups excluding carboxylic acids is 1. The number of fused-ring (bicyclic) bond motifs is 1. The van der Waals surface area contributed by atoms with Gasteiger partial charge in [0.25, 0.3) is 0 Å². The van der Waals surface area contributed by atoms with E-state index >= 15 is 0 Å². The molecule has 0 aliphatic carbocycles. The van der Waals surface area contributed by atoms with Gasteiger partial charge in [0.05, 0.1) is 12.3 Å². The second kappa shape index (κ2) is 6.58. The summed E-state index contributed by atoms with van der Waals surface area (Å²) in [7, 11) is 1.71. The first-order valence-electron chi connectivity index (χ1n) is 8.04. The Kier molecular flexibility index (Phi) is 4.52. The van der Waals surface area contributed by atoms with Gasteiger partial charge in [0.2, 0.25) is 0 Å². The van der Waals surface area contributed by atoms with Crippen molar-refractivity contribution in [2.75, 3.05) is 33.4 Å². The lowest BCUT2D eigenvalue weighted by Crippen LogP contribution is -2.40. The summed E-state index contributed by atoms with van der Waals surface area (Å²) in [5.74, 6) is 0. The molecule has 124 valence electrons. The highest BCUT2D eigenvalue weighted by molar-refractivity contribution is 5.74. The molecule has 1 fully saturated rings. The van der Waals surface area contributed by atoms with Crippen molar-refractivity contribution in [2.24, 2.45) is 5.41 Å². The lowest BCUT2D eigenvalue weighted by atomic mass is 9.91. The fourth-order valence-electron chi connectivity index (χ4n) is 3.18. The molecular weight excluding hydrogens is 292 g/mol. The van der Waals surface area contributed by atoms with Gasteiger partial charge in [0.15, 0.2) is 0 Å². The van der Waals surface area contributed by atoms with Gasteiger partial charge < -0.3 is 19.4 Å². The molecule has 6 heteroatoms. The molecule has 3 rings (SSSR count). The normalized spacial score (nSPS) is 21.0. The average molecular weight is 316 g/mol. The average Bonchev–Trinajstić information content (AvgIpc) is 3.11. The molecule has 23 heavy (non-hydrogen) atoms. The maximum absolute atomic E-state index is 12.2. The van der Waals surface area contributed by atoms with Crippen LogP contribution in [0.15, 0.2) is 30.6 Å². The van der Waals surface area contributed by atoms with Crippen LogP contribution in [0, 0.1) is 5.41 Å². The van der Waals surface area contributed by atoms with Gasteiger partial charge >= 0.3 is 6.03 Å². The van der Waals surface area contributed by atoms with E-state index in [4.69, 9.17) is 4.74 Å². The summed E-state index contributed by atoms with van der Waals surface area (Å²) in [5, 5.41) is 2.99. The Morgan fingerprint density at radius 3 is 3.13 bits per heavy atom. The summed E-state index contributed by atoms with van der Waals surface area (Å²) >= 11 is 0. The molecule has 2 aromatic rings. The molecule has 1 saturated heterocycles. The van der Waals surface area contributed by atoms with E-state index in [0.717, 1.165) is 37.3 Å². The second-order valence-corrected chi connectivity index (χ2v) is 6.60. The van der Waals surface area contributed by atoms with Crippen molar-refractivity contribution in [2.45, 2.75) is 19.8 Å². The van der Waals surface area contributed by atoms with Crippen LogP contribution in [0.2, 0.25) is 0 Å². The molecule has 3 heterocycles. The minimum atomic E-state index is 0.00796. The van der Waals surface area contributed by atoms with Crippen molar-refractivity contribution in [1.82, 2.24) is 19.6 Å². The van der Waals surface area contributed by atoms with Crippen LogP contribution in [0.3, 0.4) is 0 Å². The minimum absolute atomic E-state index is 0.00796. The first kappa shape index (κ1) is 15.8. The maximum Gasteiger partial charge on any atom is 0.317 e. The van der Waals surface area contributed by atoms with Crippen LogP contribution in [0.4, 0.5) is 4.79 Å². The number of methoxy groups -OCH3 is 1. The van der Waals surface area contributed by atoms with E-state index < -0.39 is 0 Å². The number of urea groups is 1. The molecule has 6 nitrogen and oxygen atoms in total. The van der Waals surface area contributed by atoms with Gasteiger partial charge in [0, 0.05) is 51.0 Å². The summed E-state index contributed by atoms with van der Waals surface area (Å²) in [6.45, 7) is 5.00. The number of aromatic nitrogens is 2. The molecule has 2 amide bonds. The number of hydrogen-bond donors (Lipinski definition) is 1. The molecule has 2 aromatic heterocycles. The molecule has 1 aliphatic rings. The Bertz CT molecular complexity index is 651. The summed E-state index contributed by atoms with van der Waals surface area (Å²) in [6, 6.07) is 5.93. The number of nitrogens with zero attached hydrogens (tertiary/aromatic N) is 3. The summed E-state index contributed by atoms with van der Waals surface area (Å²) in [4.78, 5) is 18.7. The third-order valence-electron chi connectivity index (χ3n) is 4.41. The van der Waals surface area contributed by atoms with Gasteiger partial charge in [-0.25, -0.2) is 9.78 Å². The molecule has 1 atom stereocenters. The standard InChI is InChI=1S/C17H24N4O2/c1-17(13-23-2)7-10-21(12-17)16(22)18-8-6-14-11-20-9-4-3-5-15(20)19-14/h3-5,9,11H,6-8,10,12-13H2,1-2H3,(H,18,22). The highest BCUT2D eigenvalue weighted by atomic mass is 16.5. The number of likely N-dealkylation sites (tertiary alicyclic amines) is 1. The highest BCUT2D eigenvalue weighted by Crippen LogP contribution is 2.29. The van der Waals surface area contributed by atoms with Gasteiger partial charge in [-0.2, -0.15) is 0 Å². The Morgan fingerprint density at radius 2 is 2.35 bits per heavy atom. The smallest absolute Gasteiger partial charge is 0.317 e. The third kappa shape index (κ3) is 3.64. The first-order valence-corrected chi connectivity index (χ1v) is 8.04. The number of ether oxygens (including phenoxy) is 1. The topological polar surface area (TPSA) is 58.9 Å². The molecule has 1 aliphatic heterocycles. The van der Waals surface area contributed by atoms with Crippen molar-refractivity contribution in [3.63, 3.8) is 0 Å². The van der Waals surface area contributed by atoms with Gasteiger partial charge in [-0.3, -0.25) is 0 Å². The summed E-state index contributed by atoms with van der Waals surface area (Å²) in [5.41, 5.74) is 2.00. The van der Waals surface area contributed by atoms with Crippen LogP contribution >= 0.6 is 0 Å². The van der Waals surface area contributed by atoms with Crippen molar-refractivity contribution in [3.8, 4) is 0 Å². The van der Waals surface area contributed by atoms with Crippen molar-refractivity contribution < 1.29 is 9.53 Å². The van der Waals surface area contributed by atoms with E-state index in [-0.39, 0.29) is 11.4 Å². The van der Waals surface area contributed by atoms with Crippen molar-refractivity contribution >= 4 is 11.7 Å². The number of carbonyl (C=O) groups is 1. The molecule has 1 N–H and O–H groups in total. The zero-order chi connectivity index (χ0) is 16.3. The minimum Gasteiger partial charge on any atom is -0.384 e. The molecule has 0 radical (unpaired) electrons. The zero-order valence-corrected chi connectivity index (χ0v) is 13.8. The van der Waals surface area contributed by atoms with Crippen molar-refractivity contribution in [1.29, 1.82) is 0 Å². The van der Waals surface area contributed by atoms with E-state index in [1.165, 1.54) is 0 Å². The van der Waals surface area contributed by atoms with Gasteiger partial charge in [0.1, 0.15) is 5.65 Å². The van der Waals surface area contributed by atoms with E-state index in [1.807, 2.05) is 39.9 Å². The Morgan fingerprint density at radius 1 is 1.48 bits per heavy atom. The number of hydrogen-bond acceptors (Lipinski definition) is 3. The lowest BCUT2D eigenvalue weighted by Gasteiger charge is -2.23. The molecule has 0 bridgehead atoms. The Hall–Kier alpha value is -2.08. The predicted octanol–water partition coefficient (Wildman–Crippen LogP) is 1.94. The summed E-state index contributed by atoms with van der Waals surface area (Å²) < 4.78 is 7.25. The molecular formula is C17H24N4O2. The van der Waals surface area contributed by atoms with Crippen molar-refractivity contribution in [3.05, 3.63) is 36.3 Å². The predicted molar refractivity (Wildman–Crippen MR) is 88.5 cm³/mol. The number of imidazole rings is 1.